The molecule has 0 fully saturated rings. The average molecular weight is 167 g/mol. The van der Waals surface area contributed by atoms with Crippen LogP contribution in [0.4, 0.5) is 0 Å². The second-order valence-electron chi connectivity index (χ2n) is 2.03. The Balaban J connectivity index is 2.66. The number of ether oxygens (including phenoxy) is 1. The highest BCUT2D eigenvalue weighted by Crippen LogP contribution is 2.22. The van der Waals surface area contributed by atoms with E-state index in [1.807, 2.05) is 31.2 Å². The highest BCUT2D eigenvalue weighted by atomic mass is 32.2. The van der Waals surface area contributed by atoms with E-state index < -0.39 is 0 Å². The van der Waals surface area contributed by atoms with Crippen LogP contribution in [0.25, 0.3) is 0 Å². The second kappa shape index (κ2) is 4.29. The summed E-state index contributed by atoms with van der Waals surface area (Å²) in [6.07, 6.45) is 0. The van der Waals surface area contributed by atoms with Crippen molar-refractivity contribution in [2.75, 3.05) is 7.11 Å². The van der Waals surface area contributed by atoms with Crippen molar-refractivity contribution in [3.63, 3.8) is 0 Å². The van der Waals surface area contributed by atoms with E-state index in [0.717, 1.165) is 5.75 Å². The molecule has 1 radical (unpaired) electrons. The third-order valence-electron chi connectivity index (χ3n) is 1.31. The molecule has 59 valence electrons. The molecule has 1 aromatic rings. The minimum Gasteiger partial charge on any atom is -0.497 e. The minimum absolute atomic E-state index is 0.908. The largest absolute Gasteiger partial charge is 0.497 e. The van der Waals surface area contributed by atoms with Gasteiger partial charge in [0.25, 0.3) is 0 Å². The molecule has 0 atom stereocenters. The summed E-state index contributed by atoms with van der Waals surface area (Å²) >= 11 is 1.71. The van der Waals surface area contributed by atoms with Gasteiger partial charge in [0.2, 0.25) is 0 Å². The van der Waals surface area contributed by atoms with Crippen molar-refractivity contribution in [1.82, 2.24) is 0 Å². The first-order valence-corrected chi connectivity index (χ1v) is 4.33. The molecule has 1 nitrogen and oxygen atoms in total. The summed E-state index contributed by atoms with van der Waals surface area (Å²) < 4.78 is 5.03. The Morgan fingerprint density at radius 3 is 2.36 bits per heavy atom. The predicted octanol–water partition coefficient (Wildman–Crippen LogP) is 2.97. The first-order chi connectivity index (χ1) is 5.36. The van der Waals surface area contributed by atoms with E-state index in [0.29, 0.717) is 0 Å². The molecule has 0 aromatic heterocycles. The fourth-order valence-electron chi connectivity index (χ4n) is 0.790. The van der Waals surface area contributed by atoms with Gasteiger partial charge in [-0.2, -0.15) is 0 Å². The lowest BCUT2D eigenvalue weighted by atomic mass is 10.3. The molecule has 0 bridgehead atoms. The Kier molecular flexibility index (Phi) is 3.30. The Labute approximate surface area is 71.8 Å². The maximum Gasteiger partial charge on any atom is 0.118 e. The molecular weight excluding hydrogens is 156 g/mol. The molecule has 0 spiro atoms. The summed E-state index contributed by atoms with van der Waals surface area (Å²) in [5.74, 6) is 2.97. The number of hydrogen-bond acceptors (Lipinski definition) is 2. The molecule has 1 aromatic carbocycles. The molecule has 0 saturated carbocycles. The molecule has 0 amide bonds. The van der Waals surface area contributed by atoms with Gasteiger partial charge in [0.05, 0.1) is 7.11 Å². The lowest BCUT2D eigenvalue weighted by molar-refractivity contribution is 0.414. The number of hydrogen-bond donors (Lipinski definition) is 0. The van der Waals surface area contributed by atoms with E-state index in [1.54, 1.807) is 18.9 Å². The number of rotatable bonds is 3. The Bertz CT molecular complexity index is 205. The van der Waals surface area contributed by atoms with E-state index >= 15 is 0 Å². The van der Waals surface area contributed by atoms with Gasteiger partial charge in [-0.25, -0.2) is 0 Å². The van der Waals surface area contributed by atoms with Crippen LogP contribution in [-0.2, 0) is 0 Å². The monoisotopic (exact) mass is 167 g/mol. The third-order valence-corrected chi connectivity index (χ3v) is 2.09. The van der Waals surface area contributed by atoms with Crippen molar-refractivity contribution in [2.45, 2.75) is 11.8 Å². The Morgan fingerprint density at radius 2 is 1.91 bits per heavy atom. The van der Waals surface area contributed by atoms with Crippen molar-refractivity contribution in [3.8, 4) is 5.75 Å². The van der Waals surface area contributed by atoms with E-state index in [2.05, 4.69) is 5.75 Å². The van der Waals surface area contributed by atoms with Crippen LogP contribution in [0.1, 0.15) is 6.92 Å². The topological polar surface area (TPSA) is 9.23 Å². The molecule has 2 heteroatoms. The van der Waals surface area contributed by atoms with Gasteiger partial charge in [0.15, 0.2) is 0 Å². The van der Waals surface area contributed by atoms with Gasteiger partial charge >= 0.3 is 0 Å². The normalized spacial score (nSPS) is 9.64. The highest BCUT2D eigenvalue weighted by Gasteiger charge is 1.91. The van der Waals surface area contributed by atoms with Gasteiger partial charge in [-0.1, -0.05) is 6.92 Å². The van der Waals surface area contributed by atoms with Crippen LogP contribution >= 0.6 is 11.8 Å². The summed E-state index contributed by atoms with van der Waals surface area (Å²) in [6.45, 7) is 2.02. The minimum atomic E-state index is 0.908. The summed E-state index contributed by atoms with van der Waals surface area (Å²) in [5, 5.41) is 0. The Hall–Kier alpha value is -0.630. The van der Waals surface area contributed by atoms with Gasteiger partial charge < -0.3 is 4.74 Å². The molecular formula is C9H11OS. The predicted molar refractivity (Wildman–Crippen MR) is 48.8 cm³/mol. The van der Waals surface area contributed by atoms with E-state index in [-0.39, 0.29) is 0 Å². The summed E-state index contributed by atoms with van der Waals surface area (Å²) in [5.41, 5.74) is 0. The lowest BCUT2D eigenvalue weighted by Crippen LogP contribution is -1.80. The van der Waals surface area contributed by atoms with Crippen LogP contribution in [0.15, 0.2) is 29.2 Å². The SMILES string of the molecule is C[CH]Sc1ccc(OC)cc1. The van der Waals surface area contributed by atoms with E-state index in [4.69, 9.17) is 4.74 Å². The maximum atomic E-state index is 5.03. The van der Waals surface area contributed by atoms with Gasteiger partial charge in [-0.15, -0.1) is 11.8 Å². The van der Waals surface area contributed by atoms with Crippen molar-refractivity contribution in [2.24, 2.45) is 0 Å². The van der Waals surface area contributed by atoms with Crippen LogP contribution in [0.3, 0.4) is 0 Å². The third kappa shape index (κ3) is 2.46. The molecule has 1 rings (SSSR count). The highest BCUT2D eigenvalue weighted by molar-refractivity contribution is 8.01. The van der Waals surface area contributed by atoms with E-state index in [9.17, 15) is 0 Å². The van der Waals surface area contributed by atoms with Crippen LogP contribution in [0, 0.1) is 5.75 Å². The zero-order valence-corrected chi connectivity index (χ0v) is 7.52. The maximum absolute atomic E-state index is 5.03. The summed E-state index contributed by atoms with van der Waals surface area (Å²) in [6, 6.07) is 8.02. The molecule has 0 saturated heterocycles. The number of thioether (sulfide) groups is 1. The van der Waals surface area contributed by atoms with Crippen LogP contribution < -0.4 is 4.74 Å². The fourth-order valence-corrected chi connectivity index (χ4v) is 1.36. The molecule has 0 heterocycles. The van der Waals surface area contributed by atoms with Gasteiger partial charge in [-0.05, 0) is 24.3 Å². The van der Waals surface area contributed by atoms with Crippen molar-refractivity contribution < 1.29 is 4.74 Å². The van der Waals surface area contributed by atoms with Crippen LogP contribution in [0.2, 0.25) is 0 Å². The van der Waals surface area contributed by atoms with Gasteiger partial charge in [0.1, 0.15) is 5.75 Å². The van der Waals surface area contributed by atoms with Crippen molar-refractivity contribution >= 4 is 11.8 Å². The number of benzene rings is 1. The van der Waals surface area contributed by atoms with Crippen molar-refractivity contribution in [3.05, 3.63) is 30.0 Å². The number of methoxy groups -OCH3 is 1. The first-order valence-electron chi connectivity index (χ1n) is 3.45. The van der Waals surface area contributed by atoms with Gasteiger partial charge in [0, 0.05) is 10.6 Å². The lowest BCUT2D eigenvalue weighted by Gasteiger charge is -2.00. The summed E-state index contributed by atoms with van der Waals surface area (Å²) in [4.78, 5) is 1.24. The van der Waals surface area contributed by atoms with Crippen molar-refractivity contribution in [1.29, 1.82) is 0 Å². The summed E-state index contributed by atoms with van der Waals surface area (Å²) in [7, 11) is 1.67. The second-order valence-corrected chi connectivity index (χ2v) is 3.21. The smallest absolute Gasteiger partial charge is 0.118 e. The molecule has 0 aliphatic rings. The molecule has 11 heavy (non-hydrogen) atoms. The molecule has 0 aliphatic carbocycles. The average Bonchev–Trinajstić information content (AvgIpc) is 2.07. The zero-order chi connectivity index (χ0) is 8.10. The van der Waals surface area contributed by atoms with Gasteiger partial charge in [-0.3, -0.25) is 0 Å². The quantitative estimate of drug-likeness (QED) is 0.640. The van der Waals surface area contributed by atoms with Crippen LogP contribution in [0.5, 0.6) is 5.75 Å². The Morgan fingerprint density at radius 1 is 1.27 bits per heavy atom. The van der Waals surface area contributed by atoms with E-state index in [1.165, 1.54) is 4.90 Å². The van der Waals surface area contributed by atoms with Crippen LogP contribution in [-0.4, -0.2) is 7.11 Å². The molecule has 0 N–H and O–H groups in total. The molecule has 0 unspecified atom stereocenters. The zero-order valence-electron chi connectivity index (χ0n) is 6.70. The first kappa shape index (κ1) is 8.47. The molecule has 0 aliphatic heterocycles. The standard InChI is InChI=1S/C9H11OS/c1-3-11-9-6-4-8(10-2)5-7-9/h3-7H,1-2H3. The fraction of sp³-hybridized carbons (Fsp3) is 0.222.